The molecule has 0 aliphatic rings. The van der Waals surface area contributed by atoms with Crippen molar-refractivity contribution in [2.45, 2.75) is 0 Å². The number of hydrogen-bond acceptors (Lipinski definition) is 3. The molecule has 0 amide bonds. The van der Waals surface area contributed by atoms with E-state index in [-0.39, 0.29) is 0 Å². The normalized spacial score (nSPS) is 11.9. The molecule has 0 spiro atoms. The van der Waals surface area contributed by atoms with Crippen molar-refractivity contribution in [2.75, 3.05) is 0 Å². The molecule has 0 aliphatic heterocycles. The van der Waals surface area contributed by atoms with Gasteiger partial charge in [-0.15, -0.1) is 11.3 Å². The van der Waals surface area contributed by atoms with Crippen LogP contribution in [0.4, 0.5) is 0 Å². The van der Waals surface area contributed by atoms with Crippen LogP contribution in [0.5, 0.6) is 0 Å². The number of rotatable bonds is 1. The van der Waals surface area contributed by atoms with Gasteiger partial charge in [-0.25, -0.2) is 4.98 Å². The number of thiazole rings is 1. The predicted octanol–water partition coefficient (Wildman–Crippen LogP) is 5.27. The molecule has 0 fully saturated rings. The molecule has 126 valence electrons. The van der Waals surface area contributed by atoms with Crippen molar-refractivity contribution >= 4 is 67.6 Å². The molecule has 0 saturated carbocycles. The van der Waals surface area contributed by atoms with Gasteiger partial charge in [-0.1, -0.05) is 54.6 Å². The monoisotopic (exact) mass is 363 g/mol. The van der Waals surface area contributed by atoms with Crippen LogP contribution < -0.4 is 5.46 Å². The summed E-state index contributed by atoms with van der Waals surface area (Å²) in [4.78, 5) is 4.96. The van der Waals surface area contributed by atoms with Crippen LogP contribution in [-0.4, -0.2) is 12.8 Å². The summed E-state index contributed by atoms with van der Waals surface area (Å²) in [5, 5.41) is 5.84. The molecule has 2 aromatic heterocycles. The molecule has 0 radical (unpaired) electrons. The van der Waals surface area contributed by atoms with Gasteiger partial charge in [0.15, 0.2) is 0 Å². The summed E-state index contributed by atoms with van der Waals surface area (Å²) < 4.78 is 7.34. The first-order valence-corrected chi connectivity index (χ1v) is 9.80. The molecule has 0 bridgehead atoms. The molecule has 2 heterocycles. The van der Waals surface area contributed by atoms with Gasteiger partial charge in [-0.2, -0.15) is 0 Å². The average molecular weight is 363 g/mol. The Kier molecular flexibility index (Phi) is 3.03. The van der Waals surface area contributed by atoms with E-state index in [2.05, 4.69) is 68.5 Å². The third-order valence-electron chi connectivity index (χ3n) is 5.25. The molecule has 0 atom stereocenters. The Balaban J connectivity index is 1.62. The van der Waals surface area contributed by atoms with Gasteiger partial charge in [0.25, 0.3) is 0 Å². The fraction of sp³-hybridized carbons (Fsp3) is 0. The number of para-hydroxylation sites is 1. The van der Waals surface area contributed by atoms with Gasteiger partial charge in [0, 0.05) is 16.3 Å². The zero-order valence-electron chi connectivity index (χ0n) is 14.7. The van der Waals surface area contributed by atoms with E-state index >= 15 is 0 Å². The summed E-state index contributed by atoms with van der Waals surface area (Å²) >= 11 is 1.74. The van der Waals surface area contributed by atoms with Crippen molar-refractivity contribution in [1.82, 2.24) is 4.98 Å². The molecule has 0 unspecified atom stereocenters. The molecule has 0 aliphatic carbocycles. The smallest absolute Gasteiger partial charge is 0.146 e. The summed E-state index contributed by atoms with van der Waals surface area (Å²) in [7, 11) is 2.13. The zero-order valence-corrected chi connectivity index (χ0v) is 15.5. The Labute approximate surface area is 160 Å². The Morgan fingerprint density at radius 1 is 0.815 bits per heavy atom. The van der Waals surface area contributed by atoms with Crippen molar-refractivity contribution in [2.24, 2.45) is 0 Å². The van der Waals surface area contributed by atoms with Gasteiger partial charge in [-0.05, 0) is 34.4 Å². The van der Waals surface area contributed by atoms with Gasteiger partial charge in [0.2, 0.25) is 0 Å². The van der Waals surface area contributed by atoms with Crippen molar-refractivity contribution in [3.8, 4) is 10.6 Å². The highest BCUT2D eigenvalue weighted by Gasteiger charge is 2.15. The lowest BCUT2D eigenvalue weighted by atomic mass is 9.93. The van der Waals surface area contributed by atoms with Crippen molar-refractivity contribution < 1.29 is 4.42 Å². The Hall–Kier alpha value is -3.11. The lowest BCUT2D eigenvalue weighted by Gasteiger charge is -2.00. The molecular weight excluding hydrogens is 349 g/mol. The van der Waals surface area contributed by atoms with Crippen LogP contribution in [0.2, 0.25) is 0 Å². The Morgan fingerprint density at radius 2 is 1.63 bits per heavy atom. The Morgan fingerprint density at radius 3 is 2.56 bits per heavy atom. The highest BCUT2D eigenvalue weighted by molar-refractivity contribution is 7.22. The maximum Gasteiger partial charge on any atom is 0.146 e. The zero-order chi connectivity index (χ0) is 18.0. The molecule has 2 nitrogen and oxygen atoms in total. The van der Waals surface area contributed by atoms with Gasteiger partial charge < -0.3 is 4.42 Å². The highest BCUT2D eigenvalue weighted by atomic mass is 32.1. The van der Waals surface area contributed by atoms with Crippen LogP contribution in [-0.2, 0) is 0 Å². The molecule has 27 heavy (non-hydrogen) atoms. The minimum absolute atomic E-state index is 0.933. The first-order chi connectivity index (χ1) is 13.3. The van der Waals surface area contributed by atoms with Crippen molar-refractivity contribution in [1.29, 1.82) is 0 Å². The van der Waals surface area contributed by atoms with Gasteiger partial charge in [0.05, 0.1) is 10.2 Å². The number of hydrogen-bond donors (Lipinski definition) is 0. The van der Waals surface area contributed by atoms with E-state index in [1.54, 1.807) is 11.3 Å². The van der Waals surface area contributed by atoms with E-state index in [0.29, 0.717) is 0 Å². The first kappa shape index (κ1) is 15.0. The maximum atomic E-state index is 6.14. The van der Waals surface area contributed by atoms with E-state index in [1.807, 2.05) is 12.1 Å². The minimum Gasteiger partial charge on any atom is -0.457 e. The Bertz CT molecular complexity index is 1490. The molecule has 6 aromatic rings. The summed E-state index contributed by atoms with van der Waals surface area (Å²) in [6.07, 6.45) is 0. The quantitative estimate of drug-likeness (QED) is 0.372. The third kappa shape index (κ3) is 2.17. The van der Waals surface area contributed by atoms with E-state index in [1.165, 1.54) is 20.9 Å². The first-order valence-electron chi connectivity index (χ1n) is 8.98. The lowest BCUT2D eigenvalue weighted by Crippen LogP contribution is -2.02. The summed E-state index contributed by atoms with van der Waals surface area (Å²) in [6.45, 7) is 0. The SMILES string of the molecule is Bc1c2oc3ccccc3c2cc2nc(-c3ccc4ccccc4c3)sc12. The third-order valence-corrected chi connectivity index (χ3v) is 6.49. The summed E-state index contributed by atoms with van der Waals surface area (Å²) in [5.41, 5.74) is 5.28. The molecule has 0 saturated heterocycles. The standard InChI is InChI=1S/C23H14BNOS/c24-20-21-17(16-7-3-4-8-19(16)26-21)12-18-22(20)27-23(25-18)15-10-9-13-5-1-2-6-14(13)11-15/h1-12H,24H2. The van der Waals surface area contributed by atoms with Crippen LogP contribution in [0.1, 0.15) is 0 Å². The highest BCUT2D eigenvalue weighted by Crippen LogP contribution is 2.35. The summed E-state index contributed by atoms with van der Waals surface area (Å²) in [6, 6.07) is 25.4. The second kappa shape index (κ2) is 5.45. The lowest BCUT2D eigenvalue weighted by molar-refractivity contribution is 0.672. The van der Waals surface area contributed by atoms with Gasteiger partial charge in [0.1, 0.15) is 24.0 Å². The van der Waals surface area contributed by atoms with Crippen LogP contribution in [0.3, 0.4) is 0 Å². The minimum atomic E-state index is 0.933. The van der Waals surface area contributed by atoms with E-state index in [9.17, 15) is 0 Å². The predicted molar refractivity (Wildman–Crippen MR) is 118 cm³/mol. The fourth-order valence-electron chi connectivity index (χ4n) is 3.87. The van der Waals surface area contributed by atoms with Crippen LogP contribution in [0.25, 0.3) is 53.5 Å². The second-order valence-corrected chi connectivity index (χ2v) is 7.90. The second-order valence-electron chi connectivity index (χ2n) is 6.91. The van der Waals surface area contributed by atoms with E-state index in [4.69, 9.17) is 9.40 Å². The fourth-order valence-corrected chi connectivity index (χ4v) is 4.91. The van der Waals surface area contributed by atoms with E-state index < -0.39 is 0 Å². The van der Waals surface area contributed by atoms with E-state index in [0.717, 1.165) is 38.0 Å². The van der Waals surface area contributed by atoms with Gasteiger partial charge in [-0.3, -0.25) is 0 Å². The van der Waals surface area contributed by atoms with Crippen LogP contribution in [0.15, 0.2) is 77.2 Å². The molecule has 0 N–H and O–H groups in total. The molecule has 6 rings (SSSR count). The average Bonchev–Trinajstić information content (AvgIpc) is 3.30. The number of nitrogens with zero attached hydrogens (tertiary/aromatic N) is 1. The maximum absolute atomic E-state index is 6.14. The van der Waals surface area contributed by atoms with Crippen molar-refractivity contribution in [3.05, 3.63) is 72.8 Å². The number of furan rings is 1. The topological polar surface area (TPSA) is 26.0 Å². The molecular formula is C23H14BNOS. The molecule has 4 heteroatoms. The largest absolute Gasteiger partial charge is 0.457 e. The van der Waals surface area contributed by atoms with Crippen LogP contribution >= 0.6 is 11.3 Å². The van der Waals surface area contributed by atoms with Crippen molar-refractivity contribution in [3.63, 3.8) is 0 Å². The van der Waals surface area contributed by atoms with Crippen LogP contribution in [0, 0.1) is 0 Å². The summed E-state index contributed by atoms with van der Waals surface area (Å²) in [5.74, 6) is 0. The molecule has 4 aromatic carbocycles. The number of fused-ring (bicyclic) bond motifs is 5. The number of benzene rings is 4. The van der Waals surface area contributed by atoms with Gasteiger partial charge >= 0.3 is 0 Å². The number of aromatic nitrogens is 1.